The highest BCUT2D eigenvalue weighted by Gasteiger charge is 2.29. The molecule has 5 heteroatoms. The zero-order valence-corrected chi connectivity index (χ0v) is 17.1. The summed E-state index contributed by atoms with van der Waals surface area (Å²) in [5.41, 5.74) is 1.37. The van der Waals surface area contributed by atoms with Crippen LogP contribution >= 0.6 is 12.2 Å². The molecule has 0 aromatic heterocycles. The largest absolute Gasteiger partial charge is 0.360 e. The Labute approximate surface area is 164 Å². The summed E-state index contributed by atoms with van der Waals surface area (Å²) < 4.78 is 0. The van der Waals surface area contributed by atoms with Crippen LogP contribution in [0.4, 0.5) is 0 Å². The minimum absolute atomic E-state index is 0.268. The van der Waals surface area contributed by atoms with Gasteiger partial charge in [-0.05, 0) is 44.6 Å². The monoisotopic (exact) mass is 374 g/mol. The van der Waals surface area contributed by atoms with Gasteiger partial charge in [0.15, 0.2) is 5.11 Å². The molecule has 0 unspecified atom stereocenters. The molecule has 0 amide bonds. The summed E-state index contributed by atoms with van der Waals surface area (Å²) in [4.78, 5) is 5.02. The van der Waals surface area contributed by atoms with Gasteiger partial charge in [0.05, 0.1) is 6.04 Å². The first kappa shape index (κ1) is 19.6. The van der Waals surface area contributed by atoms with Crippen LogP contribution in [0.25, 0.3) is 0 Å². The van der Waals surface area contributed by atoms with Crippen LogP contribution < -0.4 is 10.6 Å². The highest BCUT2D eigenvalue weighted by Crippen LogP contribution is 2.25. The molecule has 1 saturated heterocycles. The molecular formula is C21H34N4S. The van der Waals surface area contributed by atoms with Crippen LogP contribution in [0.1, 0.15) is 50.6 Å². The van der Waals surface area contributed by atoms with Crippen LogP contribution in [-0.4, -0.2) is 60.2 Å². The first-order valence-corrected chi connectivity index (χ1v) is 10.6. The zero-order valence-electron chi connectivity index (χ0n) is 16.3. The van der Waals surface area contributed by atoms with Crippen molar-refractivity contribution in [2.75, 3.05) is 33.2 Å². The molecule has 3 rings (SSSR count). The molecule has 144 valence electrons. The van der Waals surface area contributed by atoms with Crippen molar-refractivity contribution < 1.29 is 0 Å². The van der Waals surface area contributed by atoms with Crippen molar-refractivity contribution in [1.82, 2.24) is 20.4 Å². The molecule has 2 N–H and O–H groups in total. The van der Waals surface area contributed by atoms with E-state index in [1.807, 2.05) is 0 Å². The maximum absolute atomic E-state index is 5.65. The molecule has 1 saturated carbocycles. The quantitative estimate of drug-likeness (QED) is 0.773. The summed E-state index contributed by atoms with van der Waals surface area (Å²) in [6, 6.07) is 12.0. The van der Waals surface area contributed by atoms with Gasteiger partial charge in [-0.1, -0.05) is 49.6 Å². The SMILES string of the molecule is C[C@H](NC(=S)NC1CCCCC1)[C@@H](c1ccccc1)N1CCN(C)CC1. The van der Waals surface area contributed by atoms with Crippen molar-refractivity contribution in [3.63, 3.8) is 0 Å². The average molecular weight is 375 g/mol. The summed E-state index contributed by atoms with van der Waals surface area (Å²) in [6.07, 6.45) is 6.51. The Hall–Kier alpha value is -1.17. The second-order valence-corrected chi connectivity index (χ2v) is 8.34. The van der Waals surface area contributed by atoms with Gasteiger partial charge < -0.3 is 15.5 Å². The van der Waals surface area contributed by atoms with E-state index < -0.39 is 0 Å². The smallest absolute Gasteiger partial charge is 0.166 e. The van der Waals surface area contributed by atoms with Gasteiger partial charge in [-0.25, -0.2) is 0 Å². The fraction of sp³-hybridized carbons (Fsp3) is 0.667. The molecule has 0 bridgehead atoms. The highest BCUT2D eigenvalue weighted by molar-refractivity contribution is 7.80. The Morgan fingerprint density at radius 3 is 2.35 bits per heavy atom. The van der Waals surface area contributed by atoms with Crippen molar-refractivity contribution in [3.8, 4) is 0 Å². The summed E-state index contributed by atoms with van der Waals surface area (Å²) >= 11 is 5.65. The molecule has 26 heavy (non-hydrogen) atoms. The van der Waals surface area contributed by atoms with E-state index in [0.29, 0.717) is 12.1 Å². The Morgan fingerprint density at radius 1 is 1.04 bits per heavy atom. The van der Waals surface area contributed by atoms with E-state index in [2.05, 4.69) is 64.7 Å². The molecule has 1 aromatic carbocycles. The molecule has 1 heterocycles. The number of thiocarbonyl (C=S) groups is 1. The number of rotatable bonds is 5. The van der Waals surface area contributed by atoms with Gasteiger partial charge in [0.1, 0.15) is 0 Å². The topological polar surface area (TPSA) is 30.5 Å². The Kier molecular flexibility index (Phi) is 7.29. The van der Waals surface area contributed by atoms with Crippen molar-refractivity contribution in [2.45, 2.75) is 57.2 Å². The summed E-state index contributed by atoms with van der Waals surface area (Å²) in [6.45, 7) is 6.72. The first-order chi connectivity index (χ1) is 12.6. The first-order valence-electron chi connectivity index (χ1n) is 10.2. The molecule has 2 aliphatic rings. The Balaban J connectivity index is 1.64. The molecule has 1 aliphatic carbocycles. The number of likely N-dealkylation sites (N-methyl/N-ethyl adjacent to an activating group) is 1. The van der Waals surface area contributed by atoms with E-state index in [1.54, 1.807) is 0 Å². The van der Waals surface area contributed by atoms with E-state index in [4.69, 9.17) is 12.2 Å². The maximum atomic E-state index is 5.65. The average Bonchev–Trinajstić information content (AvgIpc) is 2.65. The predicted molar refractivity (Wildman–Crippen MR) is 113 cm³/mol. The lowest BCUT2D eigenvalue weighted by Gasteiger charge is -2.41. The van der Waals surface area contributed by atoms with E-state index in [1.165, 1.54) is 37.7 Å². The number of hydrogen-bond donors (Lipinski definition) is 2. The lowest BCUT2D eigenvalue weighted by atomic mass is 9.95. The van der Waals surface area contributed by atoms with Crippen molar-refractivity contribution >= 4 is 17.3 Å². The molecule has 1 aliphatic heterocycles. The number of nitrogens with zero attached hydrogens (tertiary/aromatic N) is 2. The van der Waals surface area contributed by atoms with Crippen molar-refractivity contribution in [1.29, 1.82) is 0 Å². The second kappa shape index (κ2) is 9.67. The van der Waals surface area contributed by atoms with Crippen LogP contribution in [-0.2, 0) is 0 Å². The van der Waals surface area contributed by atoms with E-state index in [0.717, 1.165) is 31.3 Å². The molecule has 1 aromatic rings. The molecular weight excluding hydrogens is 340 g/mol. The Morgan fingerprint density at radius 2 is 1.69 bits per heavy atom. The van der Waals surface area contributed by atoms with Gasteiger partial charge in [-0.15, -0.1) is 0 Å². The summed E-state index contributed by atoms with van der Waals surface area (Å²) in [5, 5.41) is 7.98. The number of nitrogens with one attached hydrogen (secondary N) is 2. The van der Waals surface area contributed by atoms with E-state index in [9.17, 15) is 0 Å². The van der Waals surface area contributed by atoms with Crippen molar-refractivity contribution in [3.05, 3.63) is 35.9 Å². The zero-order chi connectivity index (χ0) is 18.4. The minimum Gasteiger partial charge on any atom is -0.360 e. The predicted octanol–water partition coefficient (Wildman–Crippen LogP) is 3.16. The van der Waals surface area contributed by atoms with Crippen LogP contribution in [0.15, 0.2) is 30.3 Å². The molecule has 4 nitrogen and oxygen atoms in total. The summed E-state index contributed by atoms with van der Waals surface area (Å²) in [5.74, 6) is 0. The fourth-order valence-corrected chi connectivity index (χ4v) is 4.68. The van der Waals surface area contributed by atoms with Gasteiger partial charge in [-0.2, -0.15) is 0 Å². The van der Waals surface area contributed by atoms with Gasteiger partial charge in [0, 0.05) is 38.3 Å². The molecule has 2 atom stereocenters. The lowest BCUT2D eigenvalue weighted by molar-refractivity contribution is 0.0970. The van der Waals surface area contributed by atoms with E-state index in [-0.39, 0.29) is 6.04 Å². The number of piperazine rings is 1. The highest BCUT2D eigenvalue weighted by atomic mass is 32.1. The number of hydrogen-bond acceptors (Lipinski definition) is 3. The van der Waals surface area contributed by atoms with Gasteiger partial charge in [-0.3, -0.25) is 4.90 Å². The lowest BCUT2D eigenvalue weighted by Crippen LogP contribution is -2.53. The normalized spacial score (nSPS) is 22.5. The number of benzene rings is 1. The maximum Gasteiger partial charge on any atom is 0.166 e. The van der Waals surface area contributed by atoms with Crippen molar-refractivity contribution in [2.24, 2.45) is 0 Å². The third-order valence-corrected chi connectivity index (χ3v) is 6.08. The van der Waals surface area contributed by atoms with Crippen LogP contribution in [0, 0.1) is 0 Å². The standard InChI is InChI=1S/C21H34N4S/c1-17(22-21(26)23-19-11-7-4-8-12-19)20(18-9-5-3-6-10-18)25-15-13-24(2)14-16-25/h3,5-6,9-10,17,19-20H,4,7-8,11-16H2,1-2H3,(H2,22,23,26)/t17-,20-/m0/s1. The molecule has 2 fully saturated rings. The Bertz CT molecular complexity index is 550. The van der Waals surface area contributed by atoms with Gasteiger partial charge in [0.25, 0.3) is 0 Å². The minimum atomic E-state index is 0.268. The van der Waals surface area contributed by atoms with Crippen LogP contribution in [0.2, 0.25) is 0 Å². The molecule has 0 spiro atoms. The fourth-order valence-electron chi connectivity index (χ4n) is 4.33. The van der Waals surface area contributed by atoms with Gasteiger partial charge >= 0.3 is 0 Å². The van der Waals surface area contributed by atoms with Gasteiger partial charge in [0.2, 0.25) is 0 Å². The molecule has 0 radical (unpaired) electrons. The third-order valence-electron chi connectivity index (χ3n) is 5.85. The van der Waals surface area contributed by atoms with E-state index >= 15 is 0 Å². The van der Waals surface area contributed by atoms with Crippen LogP contribution in [0.3, 0.4) is 0 Å². The second-order valence-electron chi connectivity index (χ2n) is 7.94. The third kappa shape index (κ3) is 5.41. The van der Waals surface area contributed by atoms with Crippen LogP contribution in [0.5, 0.6) is 0 Å². The summed E-state index contributed by atoms with van der Waals surface area (Å²) in [7, 11) is 2.21.